The van der Waals surface area contributed by atoms with Gasteiger partial charge in [-0.05, 0) is 61.6 Å². The molecular weight excluding hydrogens is 342 g/mol. The van der Waals surface area contributed by atoms with E-state index in [4.69, 9.17) is 14.2 Å². The van der Waals surface area contributed by atoms with E-state index in [9.17, 15) is 4.79 Å². The Morgan fingerprint density at radius 3 is 2.41 bits per heavy atom. The van der Waals surface area contributed by atoms with Crippen LogP contribution < -0.4 is 19.5 Å². The van der Waals surface area contributed by atoms with Crippen LogP contribution in [0.5, 0.6) is 17.2 Å². The number of hydrogen-bond acceptors (Lipinski definition) is 4. The molecule has 2 rings (SSSR count). The van der Waals surface area contributed by atoms with Gasteiger partial charge in [-0.3, -0.25) is 4.79 Å². The van der Waals surface area contributed by atoms with Crippen molar-refractivity contribution in [2.75, 3.05) is 20.8 Å². The molecule has 0 aromatic heterocycles. The van der Waals surface area contributed by atoms with E-state index in [0.29, 0.717) is 30.9 Å². The molecular formula is C22H29NO4. The summed E-state index contributed by atoms with van der Waals surface area (Å²) < 4.78 is 16.5. The highest BCUT2D eigenvalue weighted by atomic mass is 16.5. The van der Waals surface area contributed by atoms with Crippen LogP contribution in [0.25, 0.3) is 0 Å². The van der Waals surface area contributed by atoms with Gasteiger partial charge in [-0.1, -0.05) is 25.1 Å². The van der Waals surface area contributed by atoms with Gasteiger partial charge in [0, 0.05) is 6.54 Å². The van der Waals surface area contributed by atoms with Gasteiger partial charge in [-0.25, -0.2) is 0 Å². The number of benzene rings is 2. The molecule has 146 valence electrons. The van der Waals surface area contributed by atoms with Crippen molar-refractivity contribution in [2.45, 2.75) is 39.7 Å². The number of hydrogen-bond donors (Lipinski definition) is 1. The minimum atomic E-state index is -0.504. The maximum absolute atomic E-state index is 12.5. The van der Waals surface area contributed by atoms with Crippen LogP contribution in [0.3, 0.4) is 0 Å². The number of aryl methyl sites for hydroxylation is 2. The maximum atomic E-state index is 12.5. The molecule has 0 aliphatic rings. The Labute approximate surface area is 161 Å². The lowest BCUT2D eigenvalue weighted by Crippen LogP contribution is -2.39. The standard InChI is InChI=1S/C22H29NO4/c1-6-18(27-20-13-15(2)7-8-16(20)3)22(24)23-12-11-17-9-10-19(25-4)21(14-17)26-5/h7-10,13-14,18H,6,11-12H2,1-5H3,(H,23,24)/t18-/m0/s1. The number of carbonyl (C=O) groups excluding carboxylic acids is 1. The van der Waals surface area contributed by atoms with Crippen LogP contribution in [0.4, 0.5) is 0 Å². The second-order valence-electron chi connectivity index (χ2n) is 6.51. The first-order valence-corrected chi connectivity index (χ1v) is 9.21. The van der Waals surface area contributed by atoms with E-state index in [1.54, 1.807) is 14.2 Å². The molecule has 0 heterocycles. The molecule has 27 heavy (non-hydrogen) atoms. The molecule has 0 aliphatic heterocycles. The van der Waals surface area contributed by atoms with Gasteiger partial charge >= 0.3 is 0 Å². The first-order chi connectivity index (χ1) is 13.0. The predicted molar refractivity (Wildman–Crippen MR) is 107 cm³/mol. The topological polar surface area (TPSA) is 56.8 Å². The fraction of sp³-hybridized carbons (Fsp3) is 0.409. The van der Waals surface area contributed by atoms with Crippen LogP contribution in [0, 0.1) is 13.8 Å². The molecule has 5 nitrogen and oxygen atoms in total. The summed E-state index contributed by atoms with van der Waals surface area (Å²) in [7, 11) is 3.22. The highest BCUT2D eigenvalue weighted by molar-refractivity contribution is 5.81. The molecule has 0 unspecified atom stereocenters. The van der Waals surface area contributed by atoms with Crippen LogP contribution >= 0.6 is 0 Å². The third kappa shape index (κ3) is 5.64. The van der Waals surface area contributed by atoms with Gasteiger partial charge in [0.25, 0.3) is 5.91 Å². The fourth-order valence-corrected chi connectivity index (χ4v) is 2.79. The van der Waals surface area contributed by atoms with Crippen LogP contribution in [-0.4, -0.2) is 32.8 Å². The monoisotopic (exact) mass is 371 g/mol. The summed E-state index contributed by atoms with van der Waals surface area (Å²) in [5, 5.41) is 2.97. The van der Waals surface area contributed by atoms with Gasteiger partial charge in [0.15, 0.2) is 17.6 Å². The highest BCUT2D eigenvalue weighted by Crippen LogP contribution is 2.27. The second kappa shape index (κ2) is 9.86. The molecule has 0 fully saturated rings. The first-order valence-electron chi connectivity index (χ1n) is 9.21. The molecule has 0 radical (unpaired) electrons. The molecule has 2 aromatic rings. The van der Waals surface area contributed by atoms with Crippen LogP contribution in [0.2, 0.25) is 0 Å². The Hall–Kier alpha value is -2.69. The van der Waals surface area contributed by atoms with Crippen molar-refractivity contribution >= 4 is 5.91 Å². The Balaban J connectivity index is 1.92. The Morgan fingerprint density at radius 1 is 1.00 bits per heavy atom. The van der Waals surface area contributed by atoms with Crippen molar-refractivity contribution in [2.24, 2.45) is 0 Å². The molecule has 0 saturated heterocycles. The van der Waals surface area contributed by atoms with E-state index < -0.39 is 6.10 Å². The predicted octanol–water partition coefficient (Wildman–Crippen LogP) is 3.84. The summed E-state index contributed by atoms with van der Waals surface area (Å²) in [5.41, 5.74) is 3.20. The van der Waals surface area contributed by atoms with E-state index in [1.165, 1.54) is 0 Å². The van der Waals surface area contributed by atoms with Crippen molar-refractivity contribution in [3.63, 3.8) is 0 Å². The number of nitrogens with one attached hydrogen (secondary N) is 1. The second-order valence-corrected chi connectivity index (χ2v) is 6.51. The van der Waals surface area contributed by atoms with Gasteiger partial charge in [-0.15, -0.1) is 0 Å². The number of methoxy groups -OCH3 is 2. The average Bonchev–Trinajstić information content (AvgIpc) is 2.68. The van der Waals surface area contributed by atoms with Crippen molar-refractivity contribution in [3.8, 4) is 17.2 Å². The van der Waals surface area contributed by atoms with E-state index in [-0.39, 0.29) is 5.91 Å². The number of rotatable bonds is 9. The van der Waals surface area contributed by atoms with Gasteiger partial charge in [0.05, 0.1) is 14.2 Å². The van der Waals surface area contributed by atoms with Crippen molar-refractivity contribution in [1.82, 2.24) is 5.32 Å². The van der Waals surface area contributed by atoms with E-state index >= 15 is 0 Å². The number of carbonyl (C=O) groups is 1. The summed E-state index contributed by atoms with van der Waals surface area (Å²) >= 11 is 0. The van der Waals surface area contributed by atoms with Crippen LogP contribution in [0.15, 0.2) is 36.4 Å². The van der Waals surface area contributed by atoms with Gasteiger partial charge < -0.3 is 19.5 Å². The fourth-order valence-electron chi connectivity index (χ4n) is 2.79. The zero-order valence-corrected chi connectivity index (χ0v) is 16.8. The molecule has 0 bridgehead atoms. The normalized spacial score (nSPS) is 11.6. The number of amides is 1. The molecule has 2 aromatic carbocycles. The first kappa shape index (κ1) is 20.6. The third-order valence-electron chi connectivity index (χ3n) is 4.44. The van der Waals surface area contributed by atoms with Crippen molar-refractivity contribution in [3.05, 3.63) is 53.1 Å². The van der Waals surface area contributed by atoms with Gasteiger partial charge in [-0.2, -0.15) is 0 Å². The Bertz CT molecular complexity index is 773. The lowest BCUT2D eigenvalue weighted by atomic mass is 10.1. The van der Waals surface area contributed by atoms with Crippen molar-refractivity contribution in [1.29, 1.82) is 0 Å². The lowest BCUT2D eigenvalue weighted by molar-refractivity contribution is -0.128. The SMILES string of the molecule is CC[C@H](Oc1cc(C)ccc1C)C(=O)NCCc1ccc(OC)c(OC)c1. The lowest BCUT2D eigenvalue weighted by Gasteiger charge is -2.19. The summed E-state index contributed by atoms with van der Waals surface area (Å²) in [4.78, 5) is 12.5. The van der Waals surface area contributed by atoms with Crippen molar-refractivity contribution < 1.29 is 19.0 Å². The molecule has 0 aliphatic carbocycles. The van der Waals surface area contributed by atoms with E-state index in [2.05, 4.69) is 5.32 Å². The summed E-state index contributed by atoms with van der Waals surface area (Å²) in [6.07, 6.45) is 0.803. The van der Waals surface area contributed by atoms with Crippen LogP contribution in [0.1, 0.15) is 30.0 Å². The number of ether oxygens (including phenoxy) is 3. The quantitative estimate of drug-likeness (QED) is 0.728. The smallest absolute Gasteiger partial charge is 0.261 e. The van der Waals surface area contributed by atoms with Gasteiger partial charge in [0.1, 0.15) is 5.75 Å². The molecule has 5 heteroatoms. The van der Waals surface area contributed by atoms with Crippen LogP contribution in [-0.2, 0) is 11.2 Å². The summed E-state index contributed by atoms with van der Waals surface area (Å²) in [6, 6.07) is 11.8. The van der Waals surface area contributed by atoms with Gasteiger partial charge in [0.2, 0.25) is 0 Å². The zero-order chi connectivity index (χ0) is 19.8. The molecule has 0 saturated carbocycles. The minimum absolute atomic E-state index is 0.0983. The maximum Gasteiger partial charge on any atom is 0.261 e. The third-order valence-corrected chi connectivity index (χ3v) is 4.44. The van der Waals surface area contributed by atoms with E-state index in [0.717, 1.165) is 22.4 Å². The zero-order valence-electron chi connectivity index (χ0n) is 16.8. The van der Waals surface area contributed by atoms with E-state index in [1.807, 2.05) is 57.2 Å². The molecule has 1 N–H and O–H groups in total. The highest BCUT2D eigenvalue weighted by Gasteiger charge is 2.19. The Morgan fingerprint density at radius 2 is 1.74 bits per heavy atom. The molecule has 0 spiro atoms. The average molecular weight is 371 g/mol. The summed E-state index contributed by atoms with van der Waals surface area (Å²) in [6.45, 7) is 6.47. The molecule has 1 atom stereocenters. The largest absolute Gasteiger partial charge is 0.493 e. The Kier molecular flexibility index (Phi) is 7.53. The minimum Gasteiger partial charge on any atom is -0.493 e. The summed E-state index contributed by atoms with van der Waals surface area (Å²) in [5.74, 6) is 2.04. The molecule has 1 amide bonds.